The largest absolute Gasteiger partial charge is 0.449 e. The van der Waals surface area contributed by atoms with E-state index in [1.54, 1.807) is 12.1 Å². The predicted molar refractivity (Wildman–Crippen MR) is 83.5 cm³/mol. The fourth-order valence-electron chi connectivity index (χ4n) is 2.62. The van der Waals surface area contributed by atoms with Crippen LogP contribution in [0.15, 0.2) is 53.1 Å². The van der Waals surface area contributed by atoms with E-state index >= 15 is 0 Å². The van der Waals surface area contributed by atoms with Gasteiger partial charge in [-0.2, -0.15) is 18.2 Å². The maximum Gasteiger partial charge on any atom is 0.449 e. The highest BCUT2D eigenvalue weighted by molar-refractivity contribution is 5.76. The van der Waals surface area contributed by atoms with Crippen LogP contribution in [0.3, 0.4) is 0 Å². The molecule has 0 spiro atoms. The van der Waals surface area contributed by atoms with E-state index in [1.165, 1.54) is 36.4 Å². The molecule has 4 rings (SSSR count). The third kappa shape index (κ3) is 2.92. The van der Waals surface area contributed by atoms with Crippen LogP contribution in [0.1, 0.15) is 11.7 Å². The first-order chi connectivity index (χ1) is 12.4. The highest BCUT2D eigenvalue weighted by Gasteiger charge is 2.38. The third-order valence-electron chi connectivity index (χ3n) is 3.77. The lowest BCUT2D eigenvalue weighted by Gasteiger charge is -2.08. The summed E-state index contributed by atoms with van der Waals surface area (Å²) in [4.78, 5) is 7.76. The van der Waals surface area contributed by atoms with Crippen molar-refractivity contribution in [1.29, 1.82) is 0 Å². The second-order valence-corrected chi connectivity index (χ2v) is 5.53. The molecule has 2 heterocycles. The molecular weight excluding hydrogens is 352 g/mol. The first-order valence-electron chi connectivity index (χ1n) is 7.53. The summed E-state index contributed by atoms with van der Waals surface area (Å²) in [6, 6.07) is 11.6. The Bertz CT molecular complexity index is 1070. The quantitative estimate of drug-likeness (QED) is 0.510. The highest BCUT2D eigenvalue weighted by atomic mass is 19.4. The number of hydrogen-bond acceptors (Lipinski definition) is 4. The van der Waals surface area contributed by atoms with E-state index in [9.17, 15) is 17.6 Å². The van der Waals surface area contributed by atoms with Gasteiger partial charge < -0.3 is 9.09 Å². The van der Waals surface area contributed by atoms with Gasteiger partial charge in [0.1, 0.15) is 12.4 Å². The first kappa shape index (κ1) is 16.2. The Labute approximate surface area is 143 Å². The van der Waals surface area contributed by atoms with Crippen molar-refractivity contribution in [3.63, 3.8) is 0 Å². The molecule has 2 aromatic heterocycles. The van der Waals surface area contributed by atoms with Gasteiger partial charge in [-0.25, -0.2) is 9.37 Å². The zero-order chi connectivity index (χ0) is 18.3. The van der Waals surface area contributed by atoms with Gasteiger partial charge in [0.05, 0.1) is 11.0 Å². The van der Waals surface area contributed by atoms with Gasteiger partial charge in [-0.05, 0) is 36.4 Å². The molecule has 9 heteroatoms. The van der Waals surface area contributed by atoms with Gasteiger partial charge >= 0.3 is 6.18 Å². The van der Waals surface area contributed by atoms with E-state index < -0.39 is 17.8 Å². The molecule has 0 aliphatic heterocycles. The van der Waals surface area contributed by atoms with E-state index in [0.717, 1.165) is 4.57 Å². The molecule has 0 amide bonds. The minimum Gasteiger partial charge on any atom is -0.337 e. The molecular formula is C17H10F4N4O. The van der Waals surface area contributed by atoms with Gasteiger partial charge in [-0.1, -0.05) is 17.3 Å². The lowest BCUT2D eigenvalue weighted by Crippen LogP contribution is -2.15. The molecule has 0 radical (unpaired) electrons. The van der Waals surface area contributed by atoms with Crippen LogP contribution in [0.4, 0.5) is 17.6 Å². The van der Waals surface area contributed by atoms with Gasteiger partial charge in [0, 0.05) is 5.56 Å². The maximum atomic E-state index is 13.3. The number of aromatic nitrogens is 4. The molecule has 0 aliphatic rings. The molecule has 0 fully saturated rings. The van der Waals surface area contributed by atoms with Crippen LogP contribution < -0.4 is 0 Å². The number of alkyl halides is 3. The van der Waals surface area contributed by atoms with Crippen molar-refractivity contribution < 1.29 is 22.1 Å². The number of hydrogen-bond donors (Lipinski definition) is 0. The molecule has 2 aromatic carbocycles. The summed E-state index contributed by atoms with van der Waals surface area (Å²) in [5, 5.41) is 3.75. The summed E-state index contributed by atoms with van der Waals surface area (Å²) in [5.41, 5.74) is 1.02. The Morgan fingerprint density at radius 2 is 1.69 bits per heavy atom. The van der Waals surface area contributed by atoms with Crippen molar-refractivity contribution in [1.82, 2.24) is 19.7 Å². The van der Waals surface area contributed by atoms with Crippen molar-refractivity contribution in [2.75, 3.05) is 0 Å². The van der Waals surface area contributed by atoms with Gasteiger partial charge in [-0.15, -0.1) is 0 Å². The Morgan fingerprint density at radius 3 is 2.42 bits per heavy atom. The topological polar surface area (TPSA) is 56.7 Å². The van der Waals surface area contributed by atoms with Crippen LogP contribution in [-0.4, -0.2) is 19.7 Å². The summed E-state index contributed by atoms with van der Waals surface area (Å²) in [6.45, 7) is -0.288. The first-order valence-corrected chi connectivity index (χ1v) is 7.53. The third-order valence-corrected chi connectivity index (χ3v) is 3.77. The van der Waals surface area contributed by atoms with Crippen LogP contribution >= 0.6 is 0 Å². The minimum absolute atomic E-state index is 0.0158. The van der Waals surface area contributed by atoms with E-state index in [-0.39, 0.29) is 23.8 Å². The molecule has 0 saturated carbocycles. The number of para-hydroxylation sites is 2. The Balaban J connectivity index is 1.73. The molecule has 0 atom stereocenters. The highest BCUT2D eigenvalue weighted by Crippen LogP contribution is 2.32. The lowest BCUT2D eigenvalue weighted by molar-refractivity contribution is -0.146. The smallest absolute Gasteiger partial charge is 0.337 e. The average molecular weight is 362 g/mol. The Morgan fingerprint density at radius 1 is 0.962 bits per heavy atom. The fraction of sp³-hybridized carbons (Fsp3) is 0.118. The summed E-state index contributed by atoms with van der Waals surface area (Å²) in [5.74, 6) is -1.31. The predicted octanol–water partition coefficient (Wildman–Crippen LogP) is 4.29. The van der Waals surface area contributed by atoms with Crippen LogP contribution in [0.5, 0.6) is 0 Å². The zero-order valence-electron chi connectivity index (χ0n) is 13.0. The number of imidazole rings is 1. The van der Waals surface area contributed by atoms with Crippen LogP contribution in [0.2, 0.25) is 0 Å². The normalized spacial score (nSPS) is 12.0. The summed E-state index contributed by atoms with van der Waals surface area (Å²) in [7, 11) is 0. The Hall–Kier alpha value is -3.23. The molecule has 0 aliphatic carbocycles. The number of halogens is 4. The summed E-state index contributed by atoms with van der Waals surface area (Å²) >= 11 is 0. The molecule has 4 aromatic rings. The van der Waals surface area contributed by atoms with E-state index in [1.807, 2.05) is 0 Å². The second kappa shape index (κ2) is 5.94. The van der Waals surface area contributed by atoms with Crippen molar-refractivity contribution in [3.05, 3.63) is 66.1 Å². The van der Waals surface area contributed by atoms with Gasteiger partial charge in [0.2, 0.25) is 17.5 Å². The standard InChI is InChI=1S/C17H10F4N4O/c18-11-7-5-10(6-8-11)15-23-14(26-24-15)9-25-13-4-2-1-3-12(13)22-16(25)17(19,20)21/h1-8H,9H2. The summed E-state index contributed by atoms with van der Waals surface area (Å²) in [6.07, 6.45) is -4.63. The number of fused-ring (bicyclic) bond motifs is 1. The number of nitrogens with zero attached hydrogens (tertiary/aromatic N) is 4. The van der Waals surface area contributed by atoms with Crippen LogP contribution in [-0.2, 0) is 12.7 Å². The van der Waals surface area contributed by atoms with Gasteiger partial charge in [0.15, 0.2) is 0 Å². The van der Waals surface area contributed by atoms with Crippen molar-refractivity contribution in [3.8, 4) is 11.4 Å². The van der Waals surface area contributed by atoms with Gasteiger partial charge in [0.25, 0.3) is 0 Å². The van der Waals surface area contributed by atoms with Crippen LogP contribution in [0, 0.1) is 5.82 Å². The van der Waals surface area contributed by atoms with Crippen molar-refractivity contribution in [2.24, 2.45) is 0 Å². The van der Waals surface area contributed by atoms with Gasteiger partial charge in [-0.3, -0.25) is 0 Å². The molecule has 26 heavy (non-hydrogen) atoms. The second-order valence-electron chi connectivity index (χ2n) is 5.53. The van der Waals surface area contributed by atoms with E-state index in [0.29, 0.717) is 11.1 Å². The average Bonchev–Trinajstić information content (AvgIpc) is 3.21. The van der Waals surface area contributed by atoms with Crippen LogP contribution in [0.25, 0.3) is 22.4 Å². The Kier molecular flexibility index (Phi) is 3.71. The molecule has 132 valence electrons. The lowest BCUT2D eigenvalue weighted by atomic mass is 10.2. The minimum atomic E-state index is -4.63. The molecule has 0 N–H and O–H groups in total. The SMILES string of the molecule is Fc1ccc(-c2noc(Cn3c(C(F)(F)F)nc4ccccc43)n2)cc1. The monoisotopic (exact) mass is 362 g/mol. The van der Waals surface area contributed by atoms with E-state index in [2.05, 4.69) is 15.1 Å². The molecule has 0 saturated heterocycles. The van der Waals surface area contributed by atoms with E-state index in [4.69, 9.17) is 4.52 Å². The number of rotatable bonds is 3. The number of benzene rings is 2. The fourth-order valence-corrected chi connectivity index (χ4v) is 2.62. The van der Waals surface area contributed by atoms with Crippen molar-refractivity contribution >= 4 is 11.0 Å². The van der Waals surface area contributed by atoms with Crippen molar-refractivity contribution in [2.45, 2.75) is 12.7 Å². The zero-order valence-corrected chi connectivity index (χ0v) is 13.0. The molecule has 0 unspecified atom stereocenters. The molecule has 5 nitrogen and oxygen atoms in total. The maximum absolute atomic E-state index is 13.3. The molecule has 0 bridgehead atoms. The summed E-state index contributed by atoms with van der Waals surface area (Å²) < 4.78 is 59.0.